The van der Waals surface area contributed by atoms with Gasteiger partial charge in [-0.1, -0.05) is 12.1 Å². The van der Waals surface area contributed by atoms with E-state index in [1.54, 1.807) is 6.07 Å². The fraction of sp³-hybridized carbons (Fsp3) is 0.214. The minimum Gasteiger partial charge on any atom is -0.475 e. The molecule has 0 aliphatic heterocycles. The number of benzene rings is 1. The fourth-order valence-electron chi connectivity index (χ4n) is 1.85. The highest BCUT2D eigenvalue weighted by atomic mass is 16.4. The monoisotopic (exact) mass is 245 g/mol. The summed E-state index contributed by atoms with van der Waals surface area (Å²) in [5.74, 6) is -0.557. The number of carboxylic acid groups (broad SMARTS) is 1. The minimum atomic E-state index is -1.05. The van der Waals surface area contributed by atoms with Crippen LogP contribution in [0.25, 0.3) is 0 Å². The molecule has 0 fully saturated rings. The number of anilines is 2. The van der Waals surface area contributed by atoms with Crippen LogP contribution in [0, 0.1) is 6.92 Å². The maximum absolute atomic E-state index is 10.8. The summed E-state index contributed by atoms with van der Waals surface area (Å²) < 4.78 is 5.32. The van der Waals surface area contributed by atoms with Crippen LogP contribution < -0.4 is 4.90 Å². The van der Waals surface area contributed by atoms with Crippen LogP contribution in [0.2, 0.25) is 0 Å². The maximum atomic E-state index is 10.8. The highest BCUT2D eigenvalue weighted by molar-refractivity contribution is 5.85. The molecule has 0 atom stereocenters. The van der Waals surface area contributed by atoms with Gasteiger partial charge in [-0.3, -0.25) is 0 Å². The first-order chi connectivity index (χ1) is 8.61. The Bertz CT molecular complexity index is 560. The van der Waals surface area contributed by atoms with Crippen molar-refractivity contribution in [3.8, 4) is 0 Å². The SMILES string of the molecule is CCN(c1cccc(C)c1)c1ccc(C(=O)O)o1. The lowest BCUT2D eigenvalue weighted by Crippen LogP contribution is -2.15. The second kappa shape index (κ2) is 4.96. The first-order valence-corrected chi connectivity index (χ1v) is 5.79. The summed E-state index contributed by atoms with van der Waals surface area (Å²) in [4.78, 5) is 12.7. The fourth-order valence-corrected chi connectivity index (χ4v) is 1.85. The molecule has 0 radical (unpaired) electrons. The lowest BCUT2D eigenvalue weighted by atomic mass is 10.2. The number of furan rings is 1. The topological polar surface area (TPSA) is 53.7 Å². The largest absolute Gasteiger partial charge is 0.475 e. The van der Waals surface area contributed by atoms with Gasteiger partial charge in [0.25, 0.3) is 0 Å². The van der Waals surface area contributed by atoms with Gasteiger partial charge < -0.3 is 14.4 Å². The molecule has 0 saturated carbocycles. The van der Waals surface area contributed by atoms with Crippen LogP contribution in [0.1, 0.15) is 23.0 Å². The lowest BCUT2D eigenvalue weighted by Gasteiger charge is -2.20. The van der Waals surface area contributed by atoms with Gasteiger partial charge in [0.15, 0.2) is 0 Å². The first kappa shape index (κ1) is 12.2. The zero-order valence-corrected chi connectivity index (χ0v) is 10.4. The van der Waals surface area contributed by atoms with Gasteiger partial charge in [-0.05, 0) is 37.6 Å². The number of hydrogen-bond donors (Lipinski definition) is 1. The zero-order chi connectivity index (χ0) is 13.1. The van der Waals surface area contributed by atoms with Crippen LogP contribution in [0.3, 0.4) is 0 Å². The zero-order valence-electron chi connectivity index (χ0n) is 10.4. The van der Waals surface area contributed by atoms with Crippen molar-refractivity contribution in [1.29, 1.82) is 0 Å². The van der Waals surface area contributed by atoms with E-state index < -0.39 is 5.97 Å². The van der Waals surface area contributed by atoms with Crippen molar-refractivity contribution in [3.63, 3.8) is 0 Å². The molecule has 2 rings (SSSR count). The molecule has 0 saturated heterocycles. The first-order valence-electron chi connectivity index (χ1n) is 5.79. The summed E-state index contributed by atoms with van der Waals surface area (Å²) in [6, 6.07) is 11.1. The molecule has 1 N–H and O–H groups in total. The van der Waals surface area contributed by atoms with Crippen molar-refractivity contribution in [3.05, 3.63) is 47.7 Å². The van der Waals surface area contributed by atoms with Crippen molar-refractivity contribution < 1.29 is 14.3 Å². The summed E-state index contributed by atoms with van der Waals surface area (Å²) in [5, 5.41) is 8.86. The highest BCUT2D eigenvalue weighted by Gasteiger charge is 2.14. The van der Waals surface area contributed by atoms with E-state index in [2.05, 4.69) is 0 Å². The molecule has 1 aromatic heterocycles. The summed E-state index contributed by atoms with van der Waals surface area (Å²) in [6.07, 6.45) is 0. The van der Waals surface area contributed by atoms with E-state index in [9.17, 15) is 4.79 Å². The minimum absolute atomic E-state index is 0.0453. The Balaban J connectivity index is 2.35. The number of carbonyl (C=O) groups is 1. The Morgan fingerprint density at radius 3 is 2.67 bits per heavy atom. The van der Waals surface area contributed by atoms with Crippen LogP contribution >= 0.6 is 0 Å². The van der Waals surface area contributed by atoms with Crippen LogP contribution in [0.5, 0.6) is 0 Å². The van der Waals surface area contributed by atoms with Gasteiger partial charge in [0.1, 0.15) is 0 Å². The van der Waals surface area contributed by atoms with E-state index in [1.165, 1.54) is 6.07 Å². The van der Waals surface area contributed by atoms with Gasteiger partial charge in [-0.25, -0.2) is 4.79 Å². The van der Waals surface area contributed by atoms with E-state index in [4.69, 9.17) is 9.52 Å². The van der Waals surface area contributed by atoms with Crippen molar-refractivity contribution in [1.82, 2.24) is 0 Å². The van der Waals surface area contributed by atoms with Crippen molar-refractivity contribution in [2.45, 2.75) is 13.8 Å². The summed E-state index contributed by atoms with van der Waals surface area (Å²) in [5.41, 5.74) is 2.14. The molecule has 94 valence electrons. The van der Waals surface area contributed by atoms with E-state index in [0.717, 1.165) is 11.3 Å². The van der Waals surface area contributed by atoms with Crippen molar-refractivity contribution in [2.24, 2.45) is 0 Å². The summed E-state index contributed by atoms with van der Waals surface area (Å²) in [6.45, 7) is 4.71. The van der Waals surface area contributed by atoms with Crippen LogP contribution in [0.15, 0.2) is 40.8 Å². The Labute approximate surface area is 105 Å². The summed E-state index contributed by atoms with van der Waals surface area (Å²) >= 11 is 0. The maximum Gasteiger partial charge on any atom is 0.371 e. The lowest BCUT2D eigenvalue weighted by molar-refractivity contribution is 0.0663. The van der Waals surface area contributed by atoms with Gasteiger partial charge in [-0.15, -0.1) is 0 Å². The van der Waals surface area contributed by atoms with Crippen molar-refractivity contribution in [2.75, 3.05) is 11.4 Å². The average Bonchev–Trinajstić information content (AvgIpc) is 2.80. The number of aromatic carboxylic acids is 1. The summed E-state index contributed by atoms with van der Waals surface area (Å²) in [7, 11) is 0. The van der Waals surface area contributed by atoms with Crippen LogP contribution in [0.4, 0.5) is 11.6 Å². The van der Waals surface area contributed by atoms with E-state index in [-0.39, 0.29) is 5.76 Å². The quantitative estimate of drug-likeness (QED) is 0.896. The third-order valence-corrected chi connectivity index (χ3v) is 2.70. The van der Waals surface area contributed by atoms with E-state index in [1.807, 2.05) is 43.0 Å². The molecule has 4 heteroatoms. The molecule has 0 spiro atoms. The second-order valence-electron chi connectivity index (χ2n) is 4.03. The molecule has 18 heavy (non-hydrogen) atoms. The molecule has 4 nitrogen and oxygen atoms in total. The van der Waals surface area contributed by atoms with Crippen molar-refractivity contribution >= 4 is 17.5 Å². The Hall–Kier alpha value is -2.23. The molecule has 1 aromatic carbocycles. The Kier molecular flexibility index (Phi) is 3.37. The average molecular weight is 245 g/mol. The standard InChI is InChI=1S/C14H15NO3/c1-3-15(11-6-4-5-10(2)9-11)13-8-7-12(18-13)14(16)17/h4-9H,3H2,1-2H3,(H,16,17). The molecule has 0 amide bonds. The van der Waals surface area contributed by atoms with E-state index >= 15 is 0 Å². The molecule has 0 aliphatic rings. The Morgan fingerprint density at radius 1 is 1.33 bits per heavy atom. The molecular weight excluding hydrogens is 230 g/mol. The highest BCUT2D eigenvalue weighted by Crippen LogP contribution is 2.27. The van der Waals surface area contributed by atoms with Crippen LogP contribution in [-0.4, -0.2) is 17.6 Å². The number of hydrogen-bond acceptors (Lipinski definition) is 3. The molecule has 0 bridgehead atoms. The van der Waals surface area contributed by atoms with E-state index in [0.29, 0.717) is 12.4 Å². The number of aryl methyl sites for hydroxylation is 1. The Morgan fingerprint density at radius 2 is 2.11 bits per heavy atom. The normalized spacial score (nSPS) is 10.3. The van der Waals surface area contributed by atoms with Gasteiger partial charge in [0.2, 0.25) is 11.6 Å². The van der Waals surface area contributed by atoms with Gasteiger partial charge in [0.05, 0.1) is 0 Å². The van der Waals surface area contributed by atoms with Gasteiger partial charge >= 0.3 is 5.97 Å². The van der Waals surface area contributed by atoms with Crippen LogP contribution in [-0.2, 0) is 0 Å². The molecule has 1 heterocycles. The number of carboxylic acids is 1. The molecule has 0 aliphatic carbocycles. The third-order valence-electron chi connectivity index (χ3n) is 2.70. The molecule has 2 aromatic rings. The molecular formula is C14H15NO3. The smallest absolute Gasteiger partial charge is 0.371 e. The third kappa shape index (κ3) is 2.37. The second-order valence-corrected chi connectivity index (χ2v) is 4.03. The number of nitrogens with zero attached hydrogens (tertiary/aromatic N) is 1. The molecule has 0 unspecified atom stereocenters. The van der Waals surface area contributed by atoms with Gasteiger partial charge in [-0.2, -0.15) is 0 Å². The predicted molar refractivity (Wildman–Crippen MR) is 69.5 cm³/mol. The number of rotatable bonds is 4. The predicted octanol–water partition coefficient (Wildman–Crippen LogP) is 3.44. The van der Waals surface area contributed by atoms with Gasteiger partial charge in [0, 0.05) is 18.3 Å².